The number of cyclic esters (lactones) is 1. The standard InChI is InChI=1S/C23H28N2O6/c26-19-14-17-13-18(24-31-16-21(28)25-10-6-7-11-25)9-5-3-1-2-4-8-12-30-23(29)22(17)20(27)15-19/h2,4-5,9,14-15,26-27H,1,3,6-8,10-13,16H2. The van der Waals surface area contributed by atoms with Crippen LogP contribution in [0.1, 0.15) is 48.0 Å². The molecule has 2 aliphatic rings. The van der Waals surface area contributed by atoms with E-state index in [1.807, 2.05) is 18.2 Å². The summed E-state index contributed by atoms with van der Waals surface area (Å²) in [6, 6.07) is 2.49. The molecule has 0 atom stereocenters. The van der Waals surface area contributed by atoms with Crippen LogP contribution in [0.15, 0.2) is 41.6 Å². The van der Waals surface area contributed by atoms with Crippen molar-refractivity contribution in [2.24, 2.45) is 5.16 Å². The fraction of sp³-hybridized carbons (Fsp3) is 0.435. The first-order valence-electron chi connectivity index (χ1n) is 10.5. The number of rotatable bonds is 3. The van der Waals surface area contributed by atoms with Crippen molar-refractivity contribution in [2.45, 2.75) is 38.5 Å². The Labute approximate surface area is 181 Å². The summed E-state index contributed by atoms with van der Waals surface area (Å²) >= 11 is 0. The number of esters is 1. The van der Waals surface area contributed by atoms with E-state index in [0.717, 1.165) is 44.8 Å². The SMILES string of the molecule is O=C1OCCC=CCCC=CC(=NOCC(=O)N2CCCC2)Cc2cc(O)cc(O)c21. The molecule has 3 rings (SSSR count). The molecule has 166 valence electrons. The Morgan fingerprint density at radius 3 is 2.65 bits per heavy atom. The Morgan fingerprint density at radius 1 is 1.10 bits per heavy atom. The van der Waals surface area contributed by atoms with Gasteiger partial charge in [0.25, 0.3) is 5.91 Å². The summed E-state index contributed by atoms with van der Waals surface area (Å²) in [5.74, 6) is -1.33. The number of hydrogen-bond acceptors (Lipinski definition) is 7. The predicted molar refractivity (Wildman–Crippen MR) is 115 cm³/mol. The van der Waals surface area contributed by atoms with Crippen molar-refractivity contribution >= 4 is 17.6 Å². The summed E-state index contributed by atoms with van der Waals surface area (Å²) < 4.78 is 5.27. The van der Waals surface area contributed by atoms with Crippen LogP contribution in [0.5, 0.6) is 11.5 Å². The van der Waals surface area contributed by atoms with E-state index in [-0.39, 0.29) is 42.6 Å². The smallest absolute Gasteiger partial charge is 0.342 e. The second-order valence-electron chi connectivity index (χ2n) is 7.50. The lowest BCUT2D eigenvalue weighted by atomic mass is 10.00. The van der Waals surface area contributed by atoms with Crippen molar-refractivity contribution in [1.82, 2.24) is 4.90 Å². The number of ether oxygens (including phenoxy) is 1. The van der Waals surface area contributed by atoms with E-state index in [9.17, 15) is 19.8 Å². The molecule has 1 aromatic rings. The second kappa shape index (κ2) is 11.2. The van der Waals surface area contributed by atoms with Crippen LogP contribution in [-0.2, 0) is 20.8 Å². The van der Waals surface area contributed by atoms with E-state index < -0.39 is 5.97 Å². The van der Waals surface area contributed by atoms with Crippen LogP contribution in [0.3, 0.4) is 0 Å². The van der Waals surface area contributed by atoms with Gasteiger partial charge in [0.05, 0.1) is 12.3 Å². The highest BCUT2D eigenvalue weighted by molar-refractivity contribution is 6.00. The van der Waals surface area contributed by atoms with Gasteiger partial charge in [0.1, 0.15) is 17.1 Å². The lowest BCUT2D eigenvalue weighted by molar-refractivity contribution is -0.135. The second-order valence-corrected chi connectivity index (χ2v) is 7.50. The van der Waals surface area contributed by atoms with Crippen LogP contribution in [-0.4, -0.2) is 59.0 Å². The molecule has 1 fully saturated rings. The maximum atomic E-state index is 12.5. The van der Waals surface area contributed by atoms with E-state index in [2.05, 4.69) is 5.16 Å². The van der Waals surface area contributed by atoms with Crippen molar-refractivity contribution in [1.29, 1.82) is 0 Å². The van der Waals surface area contributed by atoms with Crippen LogP contribution in [0, 0.1) is 0 Å². The predicted octanol–water partition coefficient (Wildman–Crippen LogP) is 3.09. The number of allylic oxidation sites excluding steroid dienone is 3. The molecule has 0 bridgehead atoms. The zero-order chi connectivity index (χ0) is 22.1. The van der Waals surface area contributed by atoms with E-state index in [1.165, 1.54) is 6.07 Å². The van der Waals surface area contributed by atoms with Gasteiger partial charge in [-0.25, -0.2) is 4.79 Å². The average Bonchev–Trinajstić information content (AvgIpc) is 3.26. The van der Waals surface area contributed by atoms with Gasteiger partial charge in [-0.05, 0) is 49.8 Å². The Hall–Kier alpha value is -3.29. The molecule has 0 aliphatic carbocycles. The number of amides is 1. The summed E-state index contributed by atoms with van der Waals surface area (Å²) in [6.45, 7) is 1.49. The summed E-state index contributed by atoms with van der Waals surface area (Å²) in [4.78, 5) is 31.8. The molecular weight excluding hydrogens is 400 g/mol. The van der Waals surface area contributed by atoms with Crippen LogP contribution in [0.25, 0.3) is 0 Å². The molecule has 2 N–H and O–H groups in total. The number of carbonyl (C=O) groups excluding carboxylic acids is 2. The van der Waals surface area contributed by atoms with Gasteiger partial charge >= 0.3 is 5.97 Å². The van der Waals surface area contributed by atoms with Gasteiger partial charge in [0.2, 0.25) is 0 Å². The molecule has 2 heterocycles. The van der Waals surface area contributed by atoms with Gasteiger partial charge in [-0.3, -0.25) is 4.79 Å². The Morgan fingerprint density at radius 2 is 1.84 bits per heavy atom. The van der Waals surface area contributed by atoms with Gasteiger partial charge < -0.3 is 24.7 Å². The largest absolute Gasteiger partial charge is 0.508 e. The fourth-order valence-corrected chi connectivity index (χ4v) is 3.53. The molecule has 1 amide bonds. The molecule has 1 aromatic carbocycles. The highest BCUT2D eigenvalue weighted by Crippen LogP contribution is 2.29. The summed E-state index contributed by atoms with van der Waals surface area (Å²) in [6.07, 6.45) is 11.9. The van der Waals surface area contributed by atoms with Crippen molar-refractivity contribution in [2.75, 3.05) is 26.3 Å². The number of carbonyl (C=O) groups is 2. The molecule has 0 radical (unpaired) electrons. The third-order valence-corrected chi connectivity index (χ3v) is 5.08. The summed E-state index contributed by atoms with van der Waals surface area (Å²) in [7, 11) is 0. The van der Waals surface area contributed by atoms with Gasteiger partial charge in [-0.15, -0.1) is 0 Å². The minimum atomic E-state index is -0.675. The number of nitrogens with zero attached hydrogens (tertiary/aromatic N) is 2. The zero-order valence-corrected chi connectivity index (χ0v) is 17.5. The van der Waals surface area contributed by atoms with E-state index >= 15 is 0 Å². The maximum Gasteiger partial charge on any atom is 0.342 e. The number of benzene rings is 1. The van der Waals surface area contributed by atoms with Crippen molar-refractivity contribution < 1.29 is 29.4 Å². The molecule has 0 spiro atoms. The number of oxime groups is 1. The minimum Gasteiger partial charge on any atom is -0.508 e. The normalized spacial score (nSPS) is 19.0. The third kappa shape index (κ3) is 6.60. The number of fused-ring (bicyclic) bond motifs is 1. The first-order chi connectivity index (χ1) is 15.0. The van der Waals surface area contributed by atoms with Gasteiger partial charge in [0.15, 0.2) is 6.61 Å². The fourth-order valence-electron chi connectivity index (χ4n) is 3.53. The van der Waals surface area contributed by atoms with E-state index in [1.54, 1.807) is 11.0 Å². The lowest BCUT2D eigenvalue weighted by Gasteiger charge is -2.14. The van der Waals surface area contributed by atoms with Crippen LogP contribution >= 0.6 is 0 Å². The summed E-state index contributed by atoms with van der Waals surface area (Å²) in [5, 5.41) is 24.3. The number of aromatic hydroxyl groups is 2. The Balaban J connectivity index is 1.82. The molecular formula is C23H28N2O6. The van der Waals surface area contributed by atoms with Crippen LogP contribution in [0.2, 0.25) is 0 Å². The van der Waals surface area contributed by atoms with Crippen molar-refractivity contribution in [3.05, 3.63) is 47.6 Å². The Bertz CT molecular complexity index is 884. The lowest BCUT2D eigenvalue weighted by Crippen LogP contribution is -2.30. The highest BCUT2D eigenvalue weighted by Gasteiger charge is 2.21. The zero-order valence-electron chi connectivity index (χ0n) is 17.5. The van der Waals surface area contributed by atoms with Crippen LogP contribution < -0.4 is 0 Å². The highest BCUT2D eigenvalue weighted by atomic mass is 16.6. The number of phenolic OH excluding ortho intramolecular Hbond substituents is 2. The molecule has 1 saturated heterocycles. The molecule has 8 heteroatoms. The maximum absolute atomic E-state index is 12.5. The van der Waals surface area contributed by atoms with E-state index in [4.69, 9.17) is 9.57 Å². The first-order valence-corrected chi connectivity index (χ1v) is 10.5. The third-order valence-electron chi connectivity index (χ3n) is 5.08. The first kappa shape index (κ1) is 22.4. The van der Waals surface area contributed by atoms with Gasteiger partial charge in [0, 0.05) is 25.6 Å². The number of phenols is 2. The quantitative estimate of drug-likeness (QED) is 0.435. The van der Waals surface area contributed by atoms with E-state index in [0.29, 0.717) is 17.7 Å². The topological polar surface area (TPSA) is 109 Å². The summed E-state index contributed by atoms with van der Waals surface area (Å²) in [5.41, 5.74) is 0.787. The minimum absolute atomic E-state index is 0.0203. The van der Waals surface area contributed by atoms with Crippen LogP contribution in [0.4, 0.5) is 0 Å². The number of likely N-dealkylation sites (tertiary alicyclic amines) is 1. The van der Waals surface area contributed by atoms with Gasteiger partial charge in [-0.2, -0.15) is 0 Å². The van der Waals surface area contributed by atoms with Gasteiger partial charge in [-0.1, -0.05) is 23.4 Å². The molecule has 0 saturated carbocycles. The van der Waals surface area contributed by atoms with Crippen molar-refractivity contribution in [3.63, 3.8) is 0 Å². The molecule has 2 aliphatic heterocycles. The monoisotopic (exact) mass is 428 g/mol. The Kier molecular flexibility index (Phi) is 8.09. The molecule has 8 nitrogen and oxygen atoms in total. The molecule has 0 unspecified atom stereocenters. The molecule has 31 heavy (non-hydrogen) atoms. The average molecular weight is 428 g/mol. The molecule has 0 aromatic heterocycles. The number of hydrogen-bond donors (Lipinski definition) is 2. The van der Waals surface area contributed by atoms with Crippen molar-refractivity contribution in [3.8, 4) is 11.5 Å².